The van der Waals surface area contributed by atoms with Crippen LogP contribution in [0.4, 0.5) is 5.69 Å². The maximum absolute atomic E-state index is 12.1. The van der Waals surface area contributed by atoms with Crippen molar-refractivity contribution in [2.24, 2.45) is 0 Å². The highest BCUT2D eigenvalue weighted by Gasteiger charge is 2.13. The predicted octanol–water partition coefficient (Wildman–Crippen LogP) is 2.93. The first kappa shape index (κ1) is 16.4. The lowest BCUT2D eigenvalue weighted by atomic mass is 10.1. The van der Waals surface area contributed by atoms with E-state index in [2.05, 4.69) is 10.4 Å². The van der Waals surface area contributed by atoms with Crippen LogP contribution in [0.2, 0.25) is 0 Å². The molecule has 0 aliphatic carbocycles. The quantitative estimate of drug-likeness (QED) is 0.549. The van der Waals surface area contributed by atoms with Crippen LogP contribution in [0.5, 0.6) is 0 Å². The fourth-order valence-corrected chi connectivity index (χ4v) is 2.42. The van der Waals surface area contributed by atoms with Crippen LogP contribution < -0.4 is 5.32 Å². The summed E-state index contributed by atoms with van der Waals surface area (Å²) in [5.41, 5.74) is 1.60. The number of nitrogens with zero attached hydrogens (tertiary/aromatic N) is 3. The van der Waals surface area contributed by atoms with Crippen molar-refractivity contribution < 1.29 is 14.1 Å². The second-order valence-corrected chi connectivity index (χ2v) is 5.54. The van der Waals surface area contributed by atoms with Gasteiger partial charge in [-0.3, -0.25) is 19.6 Å². The third-order valence-electron chi connectivity index (χ3n) is 3.70. The Morgan fingerprint density at radius 3 is 2.72 bits per heavy atom. The molecule has 3 aromatic rings. The second kappa shape index (κ2) is 7.00. The predicted molar refractivity (Wildman–Crippen MR) is 89.6 cm³/mol. The van der Waals surface area contributed by atoms with Gasteiger partial charge in [0.25, 0.3) is 5.69 Å². The summed E-state index contributed by atoms with van der Waals surface area (Å²) in [5.74, 6) is 0.489. The van der Waals surface area contributed by atoms with Gasteiger partial charge in [-0.05, 0) is 36.8 Å². The number of furan rings is 1. The molecule has 0 bridgehead atoms. The molecule has 0 saturated heterocycles. The van der Waals surface area contributed by atoms with Gasteiger partial charge in [-0.15, -0.1) is 0 Å². The number of benzene rings is 1. The van der Waals surface area contributed by atoms with Crippen molar-refractivity contribution >= 4 is 11.6 Å². The standard InChI is InChI=1S/C17H16N4O4/c1-12(16-3-2-8-25-16)19-17(22)11-20-10-14(9-18-20)13-4-6-15(7-5-13)21(23)24/h2-10,12H,11H2,1H3,(H,19,22). The SMILES string of the molecule is CC(NC(=O)Cn1cc(-c2ccc([N+](=O)[O-])cc2)cn1)c1ccco1. The van der Waals surface area contributed by atoms with Gasteiger partial charge in [0.05, 0.1) is 23.4 Å². The number of non-ortho nitro benzene ring substituents is 1. The maximum Gasteiger partial charge on any atom is 0.269 e. The minimum Gasteiger partial charge on any atom is -0.467 e. The molecule has 1 aromatic carbocycles. The molecule has 2 heterocycles. The van der Waals surface area contributed by atoms with Crippen molar-refractivity contribution in [3.8, 4) is 11.1 Å². The zero-order chi connectivity index (χ0) is 17.8. The van der Waals surface area contributed by atoms with Gasteiger partial charge in [-0.1, -0.05) is 0 Å². The van der Waals surface area contributed by atoms with E-state index >= 15 is 0 Å². The Morgan fingerprint density at radius 2 is 2.08 bits per heavy atom. The van der Waals surface area contributed by atoms with E-state index in [1.807, 2.05) is 6.92 Å². The average Bonchev–Trinajstić information content (AvgIpc) is 3.26. The van der Waals surface area contributed by atoms with E-state index in [-0.39, 0.29) is 24.2 Å². The first-order valence-corrected chi connectivity index (χ1v) is 7.63. The summed E-state index contributed by atoms with van der Waals surface area (Å²) < 4.78 is 6.76. The number of aromatic nitrogens is 2. The second-order valence-electron chi connectivity index (χ2n) is 5.54. The Balaban J connectivity index is 1.63. The van der Waals surface area contributed by atoms with Crippen LogP contribution in [0.25, 0.3) is 11.1 Å². The molecule has 0 saturated carbocycles. The molecular weight excluding hydrogens is 324 g/mol. The third kappa shape index (κ3) is 3.92. The van der Waals surface area contributed by atoms with Crippen LogP contribution in [-0.4, -0.2) is 20.6 Å². The molecule has 1 atom stereocenters. The minimum absolute atomic E-state index is 0.0300. The number of carbonyl (C=O) groups is 1. The van der Waals surface area contributed by atoms with Gasteiger partial charge in [-0.25, -0.2) is 0 Å². The molecule has 25 heavy (non-hydrogen) atoms. The molecule has 8 heteroatoms. The summed E-state index contributed by atoms with van der Waals surface area (Å²) in [4.78, 5) is 22.3. The zero-order valence-electron chi connectivity index (χ0n) is 13.5. The molecule has 2 aromatic heterocycles. The van der Waals surface area contributed by atoms with Crippen LogP contribution in [0.15, 0.2) is 59.5 Å². The van der Waals surface area contributed by atoms with Crippen LogP contribution in [0, 0.1) is 10.1 Å². The molecular formula is C17H16N4O4. The van der Waals surface area contributed by atoms with Crippen molar-refractivity contribution in [2.75, 3.05) is 0 Å². The Bertz CT molecular complexity index is 868. The van der Waals surface area contributed by atoms with Gasteiger partial charge in [0.2, 0.25) is 5.91 Å². The van der Waals surface area contributed by atoms with Gasteiger partial charge in [0.15, 0.2) is 0 Å². The number of nitro groups is 1. The fraction of sp³-hybridized carbons (Fsp3) is 0.176. The highest BCUT2D eigenvalue weighted by molar-refractivity contribution is 5.76. The zero-order valence-corrected chi connectivity index (χ0v) is 13.5. The Morgan fingerprint density at radius 1 is 1.32 bits per heavy atom. The number of rotatable bonds is 6. The topological polar surface area (TPSA) is 103 Å². The van der Waals surface area contributed by atoms with Crippen molar-refractivity contribution in [3.05, 3.63) is 70.9 Å². The summed E-state index contributed by atoms with van der Waals surface area (Å²) in [5, 5.41) is 17.7. The lowest BCUT2D eigenvalue weighted by Crippen LogP contribution is -2.30. The lowest BCUT2D eigenvalue weighted by molar-refractivity contribution is -0.384. The van der Waals surface area contributed by atoms with Crippen molar-refractivity contribution in [3.63, 3.8) is 0 Å². The third-order valence-corrected chi connectivity index (χ3v) is 3.70. The molecule has 0 radical (unpaired) electrons. The molecule has 1 N–H and O–H groups in total. The Kier molecular flexibility index (Phi) is 4.60. The number of nitro benzene ring substituents is 1. The van der Waals surface area contributed by atoms with E-state index in [4.69, 9.17) is 4.42 Å². The highest BCUT2D eigenvalue weighted by Crippen LogP contribution is 2.21. The van der Waals surface area contributed by atoms with Crippen molar-refractivity contribution in [1.82, 2.24) is 15.1 Å². The number of hydrogen-bond donors (Lipinski definition) is 1. The van der Waals surface area contributed by atoms with Crippen molar-refractivity contribution in [1.29, 1.82) is 0 Å². The van der Waals surface area contributed by atoms with E-state index in [9.17, 15) is 14.9 Å². The Hall–Kier alpha value is -3.42. The van der Waals surface area contributed by atoms with Crippen LogP contribution in [-0.2, 0) is 11.3 Å². The molecule has 1 amide bonds. The van der Waals surface area contributed by atoms with Gasteiger partial charge in [-0.2, -0.15) is 5.10 Å². The van der Waals surface area contributed by atoms with Gasteiger partial charge >= 0.3 is 0 Å². The smallest absolute Gasteiger partial charge is 0.269 e. The average molecular weight is 340 g/mol. The van der Waals surface area contributed by atoms with E-state index < -0.39 is 4.92 Å². The largest absolute Gasteiger partial charge is 0.467 e. The highest BCUT2D eigenvalue weighted by atomic mass is 16.6. The first-order valence-electron chi connectivity index (χ1n) is 7.63. The number of carbonyl (C=O) groups excluding carboxylic acids is 1. The number of hydrogen-bond acceptors (Lipinski definition) is 5. The lowest BCUT2D eigenvalue weighted by Gasteiger charge is -2.11. The van der Waals surface area contributed by atoms with Crippen LogP contribution in [0.3, 0.4) is 0 Å². The van der Waals surface area contributed by atoms with E-state index in [0.29, 0.717) is 5.76 Å². The van der Waals surface area contributed by atoms with Gasteiger partial charge in [0, 0.05) is 23.9 Å². The molecule has 1 unspecified atom stereocenters. The molecule has 128 valence electrons. The van der Waals surface area contributed by atoms with Crippen LogP contribution in [0.1, 0.15) is 18.7 Å². The van der Waals surface area contributed by atoms with E-state index in [1.54, 1.807) is 42.9 Å². The van der Waals surface area contributed by atoms with Crippen molar-refractivity contribution in [2.45, 2.75) is 19.5 Å². The molecule has 0 fully saturated rings. The summed E-state index contributed by atoms with van der Waals surface area (Å²) in [6.45, 7) is 1.90. The van der Waals surface area contributed by atoms with Gasteiger partial charge < -0.3 is 9.73 Å². The number of nitrogens with one attached hydrogen (secondary N) is 1. The molecule has 0 aliphatic heterocycles. The normalized spacial score (nSPS) is 11.9. The fourth-order valence-electron chi connectivity index (χ4n) is 2.42. The molecule has 0 aliphatic rings. The Labute approximate surface area is 143 Å². The molecule has 3 rings (SSSR count). The van der Waals surface area contributed by atoms with Crippen LogP contribution >= 0.6 is 0 Å². The minimum atomic E-state index is -0.447. The van der Waals surface area contributed by atoms with E-state index in [0.717, 1.165) is 11.1 Å². The van der Waals surface area contributed by atoms with E-state index in [1.165, 1.54) is 16.8 Å². The summed E-state index contributed by atoms with van der Waals surface area (Å²) in [6.07, 6.45) is 4.89. The summed E-state index contributed by atoms with van der Waals surface area (Å²) in [7, 11) is 0. The maximum atomic E-state index is 12.1. The molecule has 8 nitrogen and oxygen atoms in total. The number of amides is 1. The summed E-state index contributed by atoms with van der Waals surface area (Å²) >= 11 is 0. The molecule has 0 spiro atoms. The monoisotopic (exact) mass is 340 g/mol. The first-order chi connectivity index (χ1) is 12.0. The van der Waals surface area contributed by atoms with Gasteiger partial charge in [0.1, 0.15) is 12.3 Å². The summed E-state index contributed by atoms with van der Waals surface area (Å²) in [6, 6.07) is 9.51.